The number of carbonyl (C=O) groups excluding carboxylic acids is 2. The minimum absolute atomic E-state index is 0.125. The lowest BCUT2D eigenvalue weighted by atomic mass is 10.0. The van der Waals surface area contributed by atoms with Gasteiger partial charge in [0.1, 0.15) is 5.75 Å². The summed E-state index contributed by atoms with van der Waals surface area (Å²) in [4.78, 5) is 23.3. The zero-order valence-corrected chi connectivity index (χ0v) is 22.4. The number of hydrogen-bond donors (Lipinski definition) is 2. The molecule has 6 heteroatoms. The molecule has 0 saturated carbocycles. The summed E-state index contributed by atoms with van der Waals surface area (Å²) in [5.74, 6) is 0.153. The summed E-state index contributed by atoms with van der Waals surface area (Å²) >= 11 is 0. The van der Waals surface area contributed by atoms with E-state index < -0.39 is 5.97 Å². The predicted octanol–water partition coefficient (Wildman–Crippen LogP) is 8.01. The van der Waals surface area contributed by atoms with E-state index in [-0.39, 0.29) is 12.6 Å². The average Bonchev–Trinajstić information content (AvgIpc) is 2.85. The predicted molar refractivity (Wildman–Crippen MR) is 145 cm³/mol. The van der Waals surface area contributed by atoms with Gasteiger partial charge in [0, 0.05) is 12.2 Å². The molecule has 1 aromatic rings. The van der Waals surface area contributed by atoms with Gasteiger partial charge in [0.15, 0.2) is 6.61 Å². The molecule has 2 amide bonds. The monoisotopic (exact) mass is 490 g/mol. The zero-order valence-electron chi connectivity index (χ0n) is 22.4. The van der Waals surface area contributed by atoms with Crippen molar-refractivity contribution in [3.05, 3.63) is 24.3 Å². The molecule has 0 bridgehead atoms. The van der Waals surface area contributed by atoms with Crippen molar-refractivity contribution in [3.63, 3.8) is 0 Å². The van der Waals surface area contributed by atoms with Gasteiger partial charge >= 0.3 is 12.0 Å². The van der Waals surface area contributed by atoms with Crippen molar-refractivity contribution in [1.29, 1.82) is 0 Å². The van der Waals surface area contributed by atoms with E-state index in [0.717, 1.165) is 12.8 Å². The Bertz CT molecular complexity index is 649. The summed E-state index contributed by atoms with van der Waals surface area (Å²) in [6.07, 6.45) is 21.5. The van der Waals surface area contributed by atoms with Crippen LogP contribution in [0.5, 0.6) is 5.75 Å². The largest absolute Gasteiger partial charge is 0.482 e. The van der Waals surface area contributed by atoms with E-state index in [4.69, 9.17) is 9.47 Å². The molecule has 35 heavy (non-hydrogen) atoms. The molecule has 0 saturated heterocycles. The minimum atomic E-state index is -0.400. The molecular weight excluding hydrogens is 440 g/mol. The standard InChI is InChI=1S/C29H50N2O4/c1-3-5-6-7-8-9-10-11-12-13-14-15-16-17-18-19-24-30-29(33)31-26-20-22-27(23-21-26)35-25-28(32)34-4-2/h20-23H,3-19,24-25H2,1-2H3,(H2,30,31,33). The van der Waals surface area contributed by atoms with E-state index in [0.29, 0.717) is 24.6 Å². The first-order chi connectivity index (χ1) is 17.2. The summed E-state index contributed by atoms with van der Waals surface area (Å²) in [6.45, 7) is 4.92. The second-order valence-electron chi connectivity index (χ2n) is 9.30. The molecule has 2 N–H and O–H groups in total. The van der Waals surface area contributed by atoms with Crippen LogP contribution >= 0.6 is 0 Å². The van der Waals surface area contributed by atoms with Crippen molar-refractivity contribution in [2.45, 2.75) is 117 Å². The van der Waals surface area contributed by atoms with Gasteiger partial charge in [0.25, 0.3) is 0 Å². The van der Waals surface area contributed by atoms with Crippen molar-refractivity contribution in [2.75, 3.05) is 25.1 Å². The fraction of sp³-hybridized carbons (Fsp3) is 0.724. The van der Waals surface area contributed by atoms with E-state index in [9.17, 15) is 9.59 Å². The Hall–Kier alpha value is -2.24. The number of carbonyl (C=O) groups is 2. The van der Waals surface area contributed by atoms with Gasteiger partial charge < -0.3 is 20.1 Å². The lowest BCUT2D eigenvalue weighted by Crippen LogP contribution is -2.29. The first-order valence-electron chi connectivity index (χ1n) is 14.1. The number of rotatable bonds is 22. The number of urea groups is 1. The molecule has 1 aromatic carbocycles. The van der Waals surface area contributed by atoms with E-state index in [2.05, 4.69) is 17.6 Å². The quantitative estimate of drug-likeness (QED) is 0.127. The van der Waals surface area contributed by atoms with Crippen LogP contribution in [0, 0.1) is 0 Å². The molecule has 0 spiro atoms. The highest BCUT2D eigenvalue weighted by Gasteiger charge is 2.04. The number of anilines is 1. The molecule has 0 fully saturated rings. The third kappa shape index (κ3) is 18.7. The van der Waals surface area contributed by atoms with Gasteiger partial charge in [-0.2, -0.15) is 0 Å². The first kappa shape index (κ1) is 30.8. The number of amides is 2. The van der Waals surface area contributed by atoms with Crippen LogP contribution in [0.15, 0.2) is 24.3 Å². The molecular formula is C29H50N2O4. The topological polar surface area (TPSA) is 76.7 Å². The molecule has 0 atom stereocenters. The van der Waals surface area contributed by atoms with E-state index in [1.165, 1.54) is 89.9 Å². The highest BCUT2D eigenvalue weighted by Crippen LogP contribution is 2.16. The Morgan fingerprint density at radius 3 is 1.66 bits per heavy atom. The van der Waals surface area contributed by atoms with Crippen molar-refractivity contribution in [1.82, 2.24) is 5.32 Å². The summed E-state index contributed by atoms with van der Waals surface area (Å²) < 4.78 is 10.2. The molecule has 0 unspecified atom stereocenters. The molecule has 6 nitrogen and oxygen atoms in total. The normalized spacial score (nSPS) is 10.7. The van der Waals surface area contributed by atoms with Gasteiger partial charge in [-0.25, -0.2) is 9.59 Å². The van der Waals surface area contributed by atoms with Crippen LogP contribution in [0.3, 0.4) is 0 Å². The van der Waals surface area contributed by atoms with Gasteiger partial charge in [-0.3, -0.25) is 0 Å². The van der Waals surface area contributed by atoms with Crippen LogP contribution < -0.4 is 15.4 Å². The lowest BCUT2D eigenvalue weighted by molar-refractivity contribution is -0.145. The van der Waals surface area contributed by atoms with E-state index in [1.54, 1.807) is 31.2 Å². The highest BCUT2D eigenvalue weighted by atomic mass is 16.6. The van der Waals surface area contributed by atoms with E-state index in [1.807, 2.05) is 0 Å². The van der Waals surface area contributed by atoms with E-state index >= 15 is 0 Å². The molecule has 200 valence electrons. The Kier molecular flexibility index (Phi) is 19.6. The molecule has 0 aliphatic rings. The highest BCUT2D eigenvalue weighted by molar-refractivity contribution is 5.89. The molecule has 0 heterocycles. The van der Waals surface area contributed by atoms with Crippen LogP contribution in [0.4, 0.5) is 10.5 Å². The Labute approximate surface area is 213 Å². The number of hydrogen-bond acceptors (Lipinski definition) is 4. The average molecular weight is 491 g/mol. The SMILES string of the molecule is CCCCCCCCCCCCCCCCCCNC(=O)Nc1ccc(OCC(=O)OCC)cc1. The maximum absolute atomic E-state index is 12.0. The van der Waals surface area contributed by atoms with Gasteiger partial charge in [0.05, 0.1) is 6.61 Å². The number of unbranched alkanes of at least 4 members (excludes halogenated alkanes) is 15. The lowest BCUT2D eigenvalue weighted by Gasteiger charge is -2.09. The third-order valence-corrected chi connectivity index (χ3v) is 6.09. The van der Waals surface area contributed by atoms with Gasteiger partial charge in [-0.05, 0) is 37.6 Å². The first-order valence-corrected chi connectivity index (χ1v) is 14.1. The van der Waals surface area contributed by atoms with Crippen LogP contribution in [0.25, 0.3) is 0 Å². The van der Waals surface area contributed by atoms with Crippen molar-refractivity contribution >= 4 is 17.7 Å². The van der Waals surface area contributed by atoms with Gasteiger partial charge in [0.2, 0.25) is 0 Å². The Balaban J connectivity index is 1.90. The van der Waals surface area contributed by atoms with Gasteiger partial charge in [-0.1, -0.05) is 103 Å². The smallest absolute Gasteiger partial charge is 0.344 e. The number of nitrogens with one attached hydrogen (secondary N) is 2. The minimum Gasteiger partial charge on any atom is -0.482 e. The second kappa shape index (κ2) is 22.2. The fourth-order valence-corrected chi connectivity index (χ4v) is 4.03. The van der Waals surface area contributed by atoms with Crippen LogP contribution in [0.2, 0.25) is 0 Å². The molecule has 0 radical (unpaired) electrons. The summed E-state index contributed by atoms with van der Waals surface area (Å²) in [5.41, 5.74) is 0.679. The molecule has 0 aliphatic heterocycles. The number of ether oxygens (including phenoxy) is 2. The molecule has 0 aliphatic carbocycles. The van der Waals surface area contributed by atoms with Crippen LogP contribution in [-0.4, -0.2) is 31.8 Å². The van der Waals surface area contributed by atoms with Crippen LogP contribution in [0.1, 0.15) is 117 Å². The summed E-state index contributed by atoms with van der Waals surface area (Å²) in [6, 6.07) is 6.71. The summed E-state index contributed by atoms with van der Waals surface area (Å²) in [7, 11) is 0. The Morgan fingerprint density at radius 2 is 1.17 bits per heavy atom. The number of benzene rings is 1. The third-order valence-electron chi connectivity index (χ3n) is 6.09. The van der Waals surface area contributed by atoms with Gasteiger partial charge in [-0.15, -0.1) is 0 Å². The van der Waals surface area contributed by atoms with Crippen LogP contribution in [-0.2, 0) is 9.53 Å². The Morgan fingerprint density at radius 1 is 0.686 bits per heavy atom. The fourth-order valence-electron chi connectivity index (χ4n) is 4.03. The summed E-state index contributed by atoms with van der Waals surface area (Å²) in [5, 5.41) is 5.72. The maximum Gasteiger partial charge on any atom is 0.344 e. The van der Waals surface area contributed by atoms with Crippen molar-refractivity contribution < 1.29 is 19.1 Å². The molecule has 1 rings (SSSR count). The second-order valence-corrected chi connectivity index (χ2v) is 9.30. The van der Waals surface area contributed by atoms with Crippen molar-refractivity contribution in [2.24, 2.45) is 0 Å². The maximum atomic E-state index is 12.0. The zero-order chi connectivity index (χ0) is 25.4. The molecule has 0 aromatic heterocycles. The number of esters is 1. The van der Waals surface area contributed by atoms with Crippen molar-refractivity contribution in [3.8, 4) is 5.75 Å².